The Morgan fingerprint density at radius 1 is 1.15 bits per heavy atom. The van der Waals surface area contributed by atoms with Crippen molar-refractivity contribution < 1.29 is 18.8 Å². The normalized spacial score (nSPS) is 26.7. The molecule has 0 spiro atoms. The first-order chi connectivity index (χ1) is 12.8. The van der Waals surface area contributed by atoms with Crippen molar-refractivity contribution in [3.8, 4) is 0 Å². The summed E-state index contributed by atoms with van der Waals surface area (Å²) < 4.78 is 16.3. The van der Waals surface area contributed by atoms with Gasteiger partial charge in [0.15, 0.2) is 5.82 Å². The number of nitrogens with one attached hydrogen (secondary N) is 1. The average Bonchev–Trinajstić information content (AvgIpc) is 3.39. The second-order valence-electron chi connectivity index (χ2n) is 7.42. The van der Waals surface area contributed by atoms with Crippen LogP contribution >= 0.6 is 0 Å². The molecule has 0 aromatic carbocycles. The van der Waals surface area contributed by atoms with Gasteiger partial charge in [-0.05, 0) is 25.7 Å². The minimum atomic E-state index is -0.414. The topological polar surface area (TPSA) is 89.7 Å². The van der Waals surface area contributed by atoms with E-state index in [2.05, 4.69) is 20.4 Å². The molecule has 1 saturated carbocycles. The molecule has 3 aliphatic rings. The molecular formula is C18H28N4O4. The summed E-state index contributed by atoms with van der Waals surface area (Å²) >= 11 is 0. The second-order valence-corrected chi connectivity index (χ2v) is 7.42. The molecule has 2 aliphatic heterocycles. The number of rotatable bonds is 5. The summed E-state index contributed by atoms with van der Waals surface area (Å²) in [5, 5.41) is 7.06. The van der Waals surface area contributed by atoms with Crippen LogP contribution in [0.15, 0.2) is 4.52 Å². The SMILES string of the molecule is O=C(NCc1noc([C@@H]2CCCO2)n1)C1(N2CCOCC2)CCCCC1. The molecule has 144 valence electrons. The Kier molecular flexibility index (Phi) is 5.52. The molecule has 1 N–H and O–H groups in total. The molecule has 4 rings (SSSR count). The number of hydrogen-bond donors (Lipinski definition) is 1. The van der Waals surface area contributed by atoms with Crippen LogP contribution in [0.3, 0.4) is 0 Å². The van der Waals surface area contributed by atoms with Crippen molar-refractivity contribution >= 4 is 5.91 Å². The lowest BCUT2D eigenvalue weighted by Gasteiger charge is -2.46. The number of carbonyl (C=O) groups excluding carboxylic acids is 1. The number of nitrogens with zero attached hydrogens (tertiary/aromatic N) is 3. The Morgan fingerprint density at radius 3 is 2.69 bits per heavy atom. The summed E-state index contributed by atoms with van der Waals surface area (Å²) in [4.78, 5) is 19.9. The molecule has 26 heavy (non-hydrogen) atoms. The summed E-state index contributed by atoms with van der Waals surface area (Å²) in [5.41, 5.74) is -0.414. The molecule has 1 aromatic rings. The van der Waals surface area contributed by atoms with Crippen LogP contribution in [0.25, 0.3) is 0 Å². The van der Waals surface area contributed by atoms with Gasteiger partial charge in [-0.2, -0.15) is 4.98 Å². The molecule has 0 unspecified atom stereocenters. The molecule has 3 fully saturated rings. The fourth-order valence-corrected chi connectivity index (χ4v) is 4.38. The van der Waals surface area contributed by atoms with Gasteiger partial charge >= 0.3 is 0 Å². The molecule has 8 heteroatoms. The standard InChI is InChI=1S/C18H28N4O4/c23-17(18(6-2-1-3-7-18)22-8-11-24-12-9-22)19-13-15-20-16(26-21-15)14-5-4-10-25-14/h14H,1-13H2,(H,19,23)/t14-/m0/s1. The first kappa shape index (κ1) is 17.9. The van der Waals surface area contributed by atoms with Crippen LogP contribution in [0.4, 0.5) is 0 Å². The van der Waals surface area contributed by atoms with Crippen LogP contribution in [-0.4, -0.2) is 59.4 Å². The fraction of sp³-hybridized carbons (Fsp3) is 0.833. The third-order valence-corrected chi connectivity index (χ3v) is 5.82. The number of hydrogen-bond acceptors (Lipinski definition) is 7. The van der Waals surface area contributed by atoms with Gasteiger partial charge in [0.2, 0.25) is 5.91 Å². The van der Waals surface area contributed by atoms with E-state index in [1.54, 1.807) is 0 Å². The van der Waals surface area contributed by atoms with Gasteiger partial charge in [0, 0.05) is 19.7 Å². The maximum Gasteiger partial charge on any atom is 0.255 e. The van der Waals surface area contributed by atoms with Gasteiger partial charge in [0.25, 0.3) is 5.89 Å². The first-order valence-corrected chi connectivity index (χ1v) is 9.83. The fourth-order valence-electron chi connectivity index (χ4n) is 4.38. The predicted octanol–water partition coefficient (Wildman–Crippen LogP) is 1.57. The Bertz CT molecular complexity index is 602. The quantitative estimate of drug-likeness (QED) is 0.848. The lowest BCUT2D eigenvalue weighted by Crippen LogP contribution is -2.62. The Labute approximate surface area is 153 Å². The molecule has 0 radical (unpaired) electrons. The lowest BCUT2D eigenvalue weighted by atomic mass is 9.79. The Morgan fingerprint density at radius 2 is 1.96 bits per heavy atom. The molecule has 1 aliphatic carbocycles. The zero-order valence-electron chi connectivity index (χ0n) is 15.2. The average molecular weight is 364 g/mol. The molecule has 2 saturated heterocycles. The van der Waals surface area contributed by atoms with Gasteiger partial charge in [-0.15, -0.1) is 0 Å². The van der Waals surface area contributed by atoms with Gasteiger partial charge in [-0.1, -0.05) is 24.4 Å². The number of ether oxygens (including phenoxy) is 2. The van der Waals surface area contributed by atoms with E-state index in [1.165, 1.54) is 6.42 Å². The molecule has 8 nitrogen and oxygen atoms in total. The van der Waals surface area contributed by atoms with Gasteiger partial charge < -0.3 is 19.3 Å². The molecule has 1 amide bonds. The minimum absolute atomic E-state index is 0.0857. The molecule has 0 bridgehead atoms. The largest absolute Gasteiger partial charge is 0.379 e. The third-order valence-electron chi connectivity index (χ3n) is 5.82. The number of carbonyl (C=O) groups is 1. The Hall–Kier alpha value is -1.51. The van der Waals surface area contributed by atoms with E-state index in [1.807, 2.05) is 0 Å². The maximum atomic E-state index is 13.2. The van der Waals surface area contributed by atoms with Crippen LogP contribution in [0.1, 0.15) is 62.8 Å². The predicted molar refractivity (Wildman–Crippen MR) is 92.3 cm³/mol. The van der Waals surface area contributed by atoms with Crippen molar-refractivity contribution in [2.24, 2.45) is 0 Å². The summed E-state index contributed by atoms with van der Waals surface area (Å²) in [6.07, 6.45) is 7.04. The lowest BCUT2D eigenvalue weighted by molar-refractivity contribution is -0.140. The number of amides is 1. The van der Waals surface area contributed by atoms with E-state index in [0.717, 1.165) is 58.2 Å². The van der Waals surface area contributed by atoms with Crippen LogP contribution in [0.2, 0.25) is 0 Å². The van der Waals surface area contributed by atoms with Crippen LogP contribution in [-0.2, 0) is 20.8 Å². The highest BCUT2D eigenvalue weighted by molar-refractivity contribution is 5.86. The van der Waals surface area contributed by atoms with Gasteiger partial charge in [0.05, 0.1) is 19.8 Å². The van der Waals surface area contributed by atoms with Gasteiger partial charge in [0.1, 0.15) is 11.6 Å². The van der Waals surface area contributed by atoms with E-state index in [-0.39, 0.29) is 12.0 Å². The summed E-state index contributed by atoms with van der Waals surface area (Å²) in [6.45, 7) is 4.06. The second kappa shape index (κ2) is 8.02. The highest BCUT2D eigenvalue weighted by Crippen LogP contribution is 2.34. The monoisotopic (exact) mass is 364 g/mol. The third kappa shape index (κ3) is 3.63. The summed E-state index contributed by atoms with van der Waals surface area (Å²) in [7, 11) is 0. The van der Waals surface area contributed by atoms with Crippen molar-refractivity contribution in [1.29, 1.82) is 0 Å². The van der Waals surface area contributed by atoms with Gasteiger partial charge in [-0.3, -0.25) is 9.69 Å². The smallest absolute Gasteiger partial charge is 0.255 e. The van der Waals surface area contributed by atoms with Crippen molar-refractivity contribution in [3.05, 3.63) is 11.7 Å². The van der Waals surface area contributed by atoms with E-state index in [9.17, 15) is 4.79 Å². The van der Waals surface area contributed by atoms with Crippen molar-refractivity contribution in [2.75, 3.05) is 32.9 Å². The number of aromatic nitrogens is 2. The van der Waals surface area contributed by atoms with Gasteiger partial charge in [-0.25, -0.2) is 0 Å². The molecule has 3 heterocycles. The molecular weight excluding hydrogens is 336 g/mol. The van der Waals surface area contributed by atoms with Crippen molar-refractivity contribution in [3.63, 3.8) is 0 Å². The van der Waals surface area contributed by atoms with E-state index in [4.69, 9.17) is 14.0 Å². The maximum absolute atomic E-state index is 13.2. The zero-order chi connectivity index (χ0) is 17.8. The highest BCUT2D eigenvalue weighted by atomic mass is 16.5. The molecule has 1 aromatic heterocycles. The van der Waals surface area contributed by atoms with Crippen molar-refractivity contribution in [1.82, 2.24) is 20.4 Å². The highest BCUT2D eigenvalue weighted by Gasteiger charge is 2.45. The van der Waals surface area contributed by atoms with E-state index >= 15 is 0 Å². The zero-order valence-corrected chi connectivity index (χ0v) is 15.2. The minimum Gasteiger partial charge on any atom is -0.379 e. The van der Waals surface area contributed by atoms with Crippen LogP contribution < -0.4 is 5.32 Å². The summed E-state index contributed by atoms with van der Waals surface area (Å²) in [6, 6.07) is 0. The first-order valence-electron chi connectivity index (χ1n) is 9.83. The van der Waals surface area contributed by atoms with Crippen LogP contribution in [0, 0.1) is 0 Å². The summed E-state index contributed by atoms with van der Waals surface area (Å²) in [5.74, 6) is 1.12. The van der Waals surface area contributed by atoms with E-state index < -0.39 is 5.54 Å². The van der Waals surface area contributed by atoms with E-state index in [0.29, 0.717) is 31.5 Å². The van der Waals surface area contributed by atoms with Crippen LogP contribution in [0.5, 0.6) is 0 Å². The van der Waals surface area contributed by atoms with Crippen molar-refractivity contribution in [2.45, 2.75) is 63.1 Å². The molecule has 1 atom stereocenters. The Balaban J connectivity index is 1.40. The number of morpholine rings is 1.